The molecule has 0 radical (unpaired) electrons. The van der Waals surface area contributed by atoms with Gasteiger partial charge in [-0.1, -0.05) is 108 Å². The molecule has 0 atom stereocenters. The van der Waals surface area contributed by atoms with Crippen molar-refractivity contribution in [2.75, 3.05) is 0 Å². The Morgan fingerprint density at radius 2 is 0.784 bits per heavy atom. The third-order valence-corrected chi connectivity index (χ3v) is 7.36. The summed E-state index contributed by atoms with van der Waals surface area (Å²) >= 11 is 0. The second-order valence-corrected chi connectivity index (χ2v) is 12.6. The zero-order chi connectivity index (χ0) is 26.7. The van der Waals surface area contributed by atoms with Gasteiger partial charge >= 0.3 is 7.82 Å². The van der Waals surface area contributed by atoms with E-state index < -0.39 is 7.82 Å². The molecule has 0 saturated carbocycles. The maximum absolute atomic E-state index is 14.0. The van der Waals surface area contributed by atoms with E-state index in [1.807, 2.05) is 66.7 Å². The van der Waals surface area contributed by atoms with Gasteiger partial charge in [-0.3, -0.25) is 0 Å². The number of phosphoric acid groups is 1. The third kappa shape index (κ3) is 7.05. The Hall–Kier alpha value is -3.49. The molecule has 4 aromatic rings. The smallest absolute Gasteiger partial charge is 0.386 e. The lowest BCUT2D eigenvalue weighted by Crippen LogP contribution is -2.12. The Labute approximate surface area is 220 Å². The number of hydrogen-bond donors (Lipinski definition) is 0. The largest absolute Gasteiger partial charge is 0.647 e. The van der Waals surface area contributed by atoms with Crippen molar-refractivity contribution in [2.24, 2.45) is 0 Å². The van der Waals surface area contributed by atoms with Gasteiger partial charge in [-0.25, -0.2) is 0 Å². The molecule has 4 aromatic carbocycles. The number of rotatable bonds is 7. The van der Waals surface area contributed by atoms with Gasteiger partial charge in [-0.15, -0.1) is 0 Å². The van der Waals surface area contributed by atoms with Crippen molar-refractivity contribution in [3.05, 3.63) is 114 Å². The molecule has 0 fully saturated rings. The van der Waals surface area contributed by atoms with Crippen LogP contribution in [-0.4, -0.2) is 0 Å². The van der Waals surface area contributed by atoms with Crippen LogP contribution in [0.5, 0.6) is 17.2 Å². The standard InChI is InChI=1S/C32H35O4P/c1-31(2,3)26-14-20-29(21-15-26)35-37(33,36-30-22-16-27(17-23-30)32(4,5)6)34-28-18-12-25(13-19-28)24-10-8-7-9-11-24/h7-23H,1-6H3. The minimum atomic E-state index is -4.08. The molecule has 0 saturated heterocycles. The molecular weight excluding hydrogens is 479 g/mol. The number of phosphoric ester groups is 1. The van der Waals surface area contributed by atoms with Crippen LogP contribution in [0.25, 0.3) is 11.1 Å². The first-order valence-electron chi connectivity index (χ1n) is 12.5. The zero-order valence-electron chi connectivity index (χ0n) is 22.4. The van der Waals surface area contributed by atoms with Crippen LogP contribution < -0.4 is 13.6 Å². The molecule has 0 aromatic heterocycles. The minimum Gasteiger partial charge on any atom is -0.386 e. The Bertz CT molecular complexity index is 1280. The fourth-order valence-corrected chi connectivity index (χ4v) is 5.07. The topological polar surface area (TPSA) is 44.8 Å². The molecule has 0 bridgehead atoms. The van der Waals surface area contributed by atoms with E-state index in [-0.39, 0.29) is 10.8 Å². The summed E-state index contributed by atoms with van der Waals surface area (Å²) in [5.41, 5.74) is 4.38. The van der Waals surface area contributed by atoms with Gasteiger partial charge in [0.2, 0.25) is 0 Å². The molecular formula is C32H35O4P. The van der Waals surface area contributed by atoms with Crippen molar-refractivity contribution in [2.45, 2.75) is 52.4 Å². The minimum absolute atomic E-state index is 0.00940. The van der Waals surface area contributed by atoms with Crippen molar-refractivity contribution in [3.63, 3.8) is 0 Å². The summed E-state index contributed by atoms with van der Waals surface area (Å²) < 4.78 is 31.7. The van der Waals surface area contributed by atoms with Crippen molar-refractivity contribution < 1.29 is 18.1 Å². The van der Waals surface area contributed by atoms with Crippen molar-refractivity contribution in [1.29, 1.82) is 0 Å². The van der Waals surface area contributed by atoms with Gasteiger partial charge < -0.3 is 13.6 Å². The molecule has 0 amide bonds. The fourth-order valence-electron chi connectivity index (χ4n) is 3.81. The van der Waals surface area contributed by atoms with Crippen LogP contribution in [-0.2, 0) is 15.4 Å². The van der Waals surface area contributed by atoms with E-state index in [9.17, 15) is 4.57 Å². The van der Waals surface area contributed by atoms with Crippen LogP contribution in [0, 0.1) is 0 Å². The van der Waals surface area contributed by atoms with E-state index >= 15 is 0 Å². The highest BCUT2D eigenvalue weighted by Crippen LogP contribution is 2.50. The van der Waals surface area contributed by atoms with E-state index in [0.717, 1.165) is 22.3 Å². The lowest BCUT2D eigenvalue weighted by atomic mass is 9.87. The van der Waals surface area contributed by atoms with Crippen LogP contribution in [0.3, 0.4) is 0 Å². The maximum Gasteiger partial charge on any atom is 0.647 e. The highest BCUT2D eigenvalue weighted by Gasteiger charge is 2.33. The lowest BCUT2D eigenvalue weighted by molar-refractivity contribution is 0.298. The van der Waals surface area contributed by atoms with Gasteiger partial charge in [0, 0.05) is 0 Å². The van der Waals surface area contributed by atoms with Crippen LogP contribution in [0.15, 0.2) is 103 Å². The Morgan fingerprint density at radius 3 is 1.14 bits per heavy atom. The molecule has 0 N–H and O–H groups in total. The number of hydrogen-bond acceptors (Lipinski definition) is 4. The molecule has 0 heterocycles. The average Bonchev–Trinajstić information content (AvgIpc) is 2.84. The Kier molecular flexibility index (Phi) is 7.52. The van der Waals surface area contributed by atoms with E-state index in [2.05, 4.69) is 41.5 Å². The summed E-state index contributed by atoms with van der Waals surface area (Å²) in [6.45, 7) is 12.8. The van der Waals surface area contributed by atoms with E-state index in [4.69, 9.17) is 13.6 Å². The summed E-state index contributed by atoms with van der Waals surface area (Å²) in [7, 11) is -4.08. The van der Waals surface area contributed by atoms with Crippen molar-refractivity contribution in [3.8, 4) is 28.4 Å². The first-order chi connectivity index (χ1) is 17.4. The predicted octanol–water partition coefficient (Wildman–Crippen LogP) is 9.59. The molecule has 4 rings (SSSR count). The molecule has 192 valence electrons. The van der Waals surface area contributed by atoms with Gasteiger partial charge in [0.1, 0.15) is 17.2 Å². The lowest BCUT2D eigenvalue weighted by Gasteiger charge is -2.22. The molecule has 4 nitrogen and oxygen atoms in total. The summed E-state index contributed by atoms with van der Waals surface area (Å²) in [6.07, 6.45) is 0. The summed E-state index contributed by atoms with van der Waals surface area (Å²) in [6, 6.07) is 32.5. The quantitative estimate of drug-likeness (QED) is 0.230. The van der Waals surface area contributed by atoms with E-state index in [1.165, 1.54) is 0 Å². The van der Waals surface area contributed by atoms with Crippen LogP contribution in [0.4, 0.5) is 0 Å². The van der Waals surface area contributed by atoms with Crippen LogP contribution in [0.2, 0.25) is 0 Å². The molecule has 0 aliphatic carbocycles. The Morgan fingerprint density at radius 1 is 0.459 bits per heavy atom. The Balaban J connectivity index is 1.60. The SMILES string of the molecule is CC(C)(C)c1ccc(OP(=O)(Oc2ccc(-c3ccccc3)cc2)Oc2ccc(C(C)(C)C)cc2)cc1. The van der Waals surface area contributed by atoms with Gasteiger partial charge in [-0.2, -0.15) is 4.57 Å². The van der Waals surface area contributed by atoms with Crippen molar-refractivity contribution in [1.82, 2.24) is 0 Å². The summed E-state index contributed by atoms with van der Waals surface area (Å²) in [5.74, 6) is 1.20. The number of benzene rings is 4. The van der Waals surface area contributed by atoms with Gasteiger partial charge in [-0.05, 0) is 69.5 Å². The zero-order valence-corrected chi connectivity index (χ0v) is 23.3. The molecule has 0 aliphatic heterocycles. The molecule has 0 aliphatic rings. The van der Waals surface area contributed by atoms with Crippen molar-refractivity contribution >= 4 is 7.82 Å². The molecule has 0 spiro atoms. The van der Waals surface area contributed by atoms with Gasteiger partial charge in [0.25, 0.3) is 0 Å². The second kappa shape index (κ2) is 10.5. The highest BCUT2D eigenvalue weighted by molar-refractivity contribution is 7.49. The molecule has 37 heavy (non-hydrogen) atoms. The van der Waals surface area contributed by atoms with Crippen LogP contribution >= 0.6 is 7.82 Å². The van der Waals surface area contributed by atoms with Gasteiger partial charge in [0.15, 0.2) is 0 Å². The highest BCUT2D eigenvalue weighted by atomic mass is 31.2. The van der Waals surface area contributed by atoms with E-state index in [0.29, 0.717) is 17.2 Å². The van der Waals surface area contributed by atoms with Crippen LogP contribution in [0.1, 0.15) is 52.7 Å². The summed E-state index contributed by atoms with van der Waals surface area (Å²) in [5, 5.41) is 0. The first kappa shape index (κ1) is 26.6. The summed E-state index contributed by atoms with van der Waals surface area (Å²) in [4.78, 5) is 0. The molecule has 5 heteroatoms. The second-order valence-electron chi connectivity index (χ2n) is 11.2. The normalized spacial score (nSPS) is 12.2. The fraction of sp³-hybridized carbons (Fsp3) is 0.250. The average molecular weight is 515 g/mol. The first-order valence-corrected chi connectivity index (χ1v) is 13.9. The van der Waals surface area contributed by atoms with Gasteiger partial charge in [0.05, 0.1) is 0 Å². The monoisotopic (exact) mass is 514 g/mol. The maximum atomic E-state index is 14.0. The third-order valence-electron chi connectivity index (χ3n) is 6.05. The predicted molar refractivity (Wildman–Crippen MR) is 152 cm³/mol. The molecule has 0 unspecified atom stereocenters. The van der Waals surface area contributed by atoms with E-state index in [1.54, 1.807) is 36.4 Å².